The van der Waals surface area contributed by atoms with Crippen molar-refractivity contribution in [2.24, 2.45) is 0 Å². The van der Waals surface area contributed by atoms with E-state index in [1.807, 2.05) is 24.3 Å². The number of carboxylic acid groups (broad SMARTS) is 1. The van der Waals surface area contributed by atoms with E-state index in [4.69, 9.17) is 9.90 Å². The van der Waals surface area contributed by atoms with Crippen LogP contribution in [0.2, 0.25) is 0 Å². The highest BCUT2D eigenvalue weighted by atomic mass is 32.1. The van der Waals surface area contributed by atoms with Gasteiger partial charge in [0.15, 0.2) is 5.13 Å². The zero-order valence-corrected chi connectivity index (χ0v) is 18.2. The summed E-state index contributed by atoms with van der Waals surface area (Å²) >= 11 is 1.71. The van der Waals surface area contributed by atoms with Gasteiger partial charge in [-0.15, -0.1) is 11.3 Å². The molecule has 0 spiro atoms. The first kappa shape index (κ1) is 25.2. The fourth-order valence-electron chi connectivity index (χ4n) is 2.63. The molecule has 1 amide bonds. The minimum Gasteiger partial charge on any atom is -0.475 e. The first-order valence-corrected chi connectivity index (χ1v) is 10.7. The fraction of sp³-hybridized carbons (Fsp3) is 0.0952. The lowest BCUT2D eigenvalue weighted by molar-refractivity contribution is -0.192. The zero-order valence-electron chi connectivity index (χ0n) is 16.6. The first-order chi connectivity index (χ1) is 15.9. The molecule has 0 unspecified atom stereocenters. The number of carbonyl (C=O) groups is 2. The topological polar surface area (TPSA) is 79.3 Å². The highest BCUT2D eigenvalue weighted by molar-refractivity contribution is 7.22. The smallest absolute Gasteiger partial charge is 0.475 e. The Balaban J connectivity index is 0.000000406. The van der Waals surface area contributed by atoms with Gasteiger partial charge in [-0.05, 0) is 23.8 Å². The van der Waals surface area contributed by atoms with Gasteiger partial charge in [0.25, 0.3) is 5.91 Å². The van der Waals surface area contributed by atoms with E-state index in [2.05, 4.69) is 10.3 Å². The number of amides is 1. The lowest BCUT2D eigenvalue weighted by atomic mass is 10.1. The minimum atomic E-state index is -5.08. The van der Waals surface area contributed by atoms with E-state index >= 15 is 0 Å². The molecule has 0 aliphatic carbocycles. The summed E-state index contributed by atoms with van der Waals surface area (Å²) in [6.45, 7) is 0. The van der Waals surface area contributed by atoms with Crippen molar-refractivity contribution in [1.82, 2.24) is 4.98 Å². The Kier molecular flexibility index (Phi) is 7.26. The average Bonchev–Trinajstić information content (AvgIpc) is 3.38. The van der Waals surface area contributed by atoms with Crippen molar-refractivity contribution in [2.75, 3.05) is 5.32 Å². The summed E-state index contributed by atoms with van der Waals surface area (Å²) in [6, 6.07) is 16.9. The summed E-state index contributed by atoms with van der Waals surface area (Å²) in [7, 11) is 0. The number of thiophene rings is 1. The Morgan fingerprint density at radius 3 is 2.03 bits per heavy atom. The van der Waals surface area contributed by atoms with Crippen LogP contribution in [-0.2, 0) is 11.0 Å². The minimum absolute atomic E-state index is 0.00236. The number of nitrogens with one attached hydrogen (secondary N) is 1. The number of anilines is 1. The lowest BCUT2D eigenvalue weighted by Gasteiger charge is -2.07. The Hall–Kier alpha value is -3.45. The quantitative estimate of drug-likeness (QED) is 0.288. The molecule has 4 aromatic rings. The van der Waals surface area contributed by atoms with E-state index in [1.54, 1.807) is 30.3 Å². The number of nitrogens with zero attached hydrogens (tertiary/aromatic N) is 1. The van der Waals surface area contributed by atoms with Crippen molar-refractivity contribution in [1.29, 1.82) is 0 Å². The van der Waals surface area contributed by atoms with Gasteiger partial charge in [0.05, 0.1) is 15.1 Å². The number of carboxylic acids is 1. The molecule has 0 bridgehead atoms. The van der Waals surface area contributed by atoms with E-state index in [0.717, 1.165) is 10.2 Å². The molecule has 5 nitrogen and oxygen atoms in total. The molecule has 2 aromatic carbocycles. The Morgan fingerprint density at radius 2 is 1.47 bits per heavy atom. The molecule has 0 atom stereocenters. The number of halogens is 6. The van der Waals surface area contributed by atoms with Crippen LogP contribution in [0.4, 0.5) is 31.5 Å². The monoisotopic (exact) mass is 518 g/mol. The highest BCUT2D eigenvalue weighted by Crippen LogP contribution is 2.43. The SMILES string of the molecule is O=C(Nc1nc2ccccc2s1)c1cc(-c2ccccc2)c(C(F)(F)F)s1.O=C(O)C(F)(F)F. The number of aromatic nitrogens is 1. The molecule has 4 rings (SSSR count). The summed E-state index contributed by atoms with van der Waals surface area (Å²) in [5.41, 5.74) is 1.15. The third-order valence-corrected chi connectivity index (χ3v) is 6.19. The van der Waals surface area contributed by atoms with Gasteiger partial charge in [0.1, 0.15) is 4.88 Å². The number of hydrogen-bond donors (Lipinski definition) is 2. The predicted molar refractivity (Wildman–Crippen MR) is 116 cm³/mol. The maximum atomic E-state index is 13.4. The first-order valence-electron chi connectivity index (χ1n) is 9.09. The molecule has 0 radical (unpaired) electrons. The van der Waals surface area contributed by atoms with Crippen LogP contribution < -0.4 is 5.32 Å². The van der Waals surface area contributed by atoms with E-state index in [9.17, 15) is 31.1 Å². The van der Waals surface area contributed by atoms with Crippen molar-refractivity contribution < 1.29 is 41.0 Å². The Bertz CT molecular complexity index is 1280. The molecule has 0 aliphatic rings. The molecule has 2 heterocycles. The van der Waals surface area contributed by atoms with Gasteiger partial charge in [-0.1, -0.05) is 53.8 Å². The molecule has 0 saturated heterocycles. The largest absolute Gasteiger partial charge is 0.490 e. The molecule has 0 aliphatic heterocycles. The van der Waals surface area contributed by atoms with Crippen LogP contribution in [0.3, 0.4) is 0 Å². The lowest BCUT2D eigenvalue weighted by Crippen LogP contribution is -2.21. The standard InChI is InChI=1S/C19H11F3N2OS2.C2HF3O2/c20-19(21,22)16-12(11-6-2-1-3-7-11)10-15(26-16)17(25)24-18-23-13-8-4-5-9-14(13)27-18;3-2(4,5)1(6)7/h1-10H,(H,23,24,25);(H,6,7). The molecule has 178 valence electrons. The van der Waals surface area contributed by atoms with Crippen LogP contribution >= 0.6 is 22.7 Å². The number of hydrogen-bond acceptors (Lipinski definition) is 5. The molecular formula is C21H12F6N2O3S2. The van der Waals surface area contributed by atoms with Crippen molar-refractivity contribution in [2.45, 2.75) is 12.4 Å². The summed E-state index contributed by atoms with van der Waals surface area (Å²) in [6.07, 6.45) is -9.62. The third-order valence-electron chi connectivity index (χ3n) is 4.05. The molecule has 0 saturated carbocycles. The maximum Gasteiger partial charge on any atom is 0.490 e. The third kappa shape index (κ3) is 6.11. The van der Waals surface area contributed by atoms with Crippen LogP contribution in [0.5, 0.6) is 0 Å². The normalized spacial score (nSPS) is 11.6. The van der Waals surface area contributed by atoms with Crippen LogP contribution in [0.15, 0.2) is 60.7 Å². The van der Waals surface area contributed by atoms with Gasteiger partial charge >= 0.3 is 18.3 Å². The molecule has 34 heavy (non-hydrogen) atoms. The van der Waals surface area contributed by atoms with Gasteiger partial charge in [-0.25, -0.2) is 9.78 Å². The van der Waals surface area contributed by atoms with E-state index in [-0.39, 0.29) is 10.4 Å². The molecule has 2 N–H and O–H groups in total. The highest BCUT2D eigenvalue weighted by Gasteiger charge is 2.38. The average molecular weight is 518 g/mol. The predicted octanol–water partition coefficient (Wildman–Crippen LogP) is 6.93. The van der Waals surface area contributed by atoms with Crippen molar-refractivity contribution in [3.8, 4) is 11.1 Å². The van der Waals surface area contributed by atoms with Gasteiger partial charge in [0.2, 0.25) is 0 Å². The molecule has 0 fully saturated rings. The summed E-state index contributed by atoms with van der Waals surface area (Å²) in [5, 5.41) is 10.1. The second kappa shape index (κ2) is 9.81. The van der Waals surface area contributed by atoms with Crippen LogP contribution in [0, 0.1) is 0 Å². The van der Waals surface area contributed by atoms with E-state index in [1.165, 1.54) is 17.4 Å². The number of fused-ring (bicyclic) bond motifs is 1. The summed E-state index contributed by atoms with van der Waals surface area (Å²) in [5.74, 6) is -3.36. The number of aliphatic carboxylic acids is 1. The van der Waals surface area contributed by atoms with Gasteiger partial charge in [0, 0.05) is 5.56 Å². The molecule has 2 aromatic heterocycles. The van der Waals surface area contributed by atoms with Crippen LogP contribution in [0.1, 0.15) is 14.5 Å². The number of rotatable bonds is 3. The second-order valence-electron chi connectivity index (χ2n) is 6.46. The van der Waals surface area contributed by atoms with Crippen molar-refractivity contribution >= 4 is 49.9 Å². The number of alkyl halides is 6. The van der Waals surface area contributed by atoms with Gasteiger partial charge in [-0.2, -0.15) is 26.3 Å². The second-order valence-corrected chi connectivity index (χ2v) is 8.54. The summed E-state index contributed by atoms with van der Waals surface area (Å²) in [4.78, 5) is 24.9. The van der Waals surface area contributed by atoms with E-state index < -0.39 is 29.1 Å². The number of carbonyl (C=O) groups excluding carboxylic acids is 1. The fourth-order valence-corrected chi connectivity index (χ4v) is 4.43. The van der Waals surface area contributed by atoms with Gasteiger partial charge in [-0.3, -0.25) is 10.1 Å². The van der Waals surface area contributed by atoms with E-state index in [0.29, 0.717) is 22.0 Å². The Morgan fingerprint density at radius 1 is 0.882 bits per heavy atom. The van der Waals surface area contributed by atoms with Crippen molar-refractivity contribution in [3.05, 3.63) is 70.4 Å². The summed E-state index contributed by atoms with van der Waals surface area (Å²) < 4.78 is 73.0. The van der Waals surface area contributed by atoms with Crippen molar-refractivity contribution in [3.63, 3.8) is 0 Å². The Labute approximate surface area is 195 Å². The molecular weight excluding hydrogens is 506 g/mol. The number of para-hydroxylation sites is 1. The van der Waals surface area contributed by atoms with Crippen LogP contribution in [-0.4, -0.2) is 28.1 Å². The van der Waals surface area contributed by atoms with Crippen LogP contribution in [0.25, 0.3) is 21.3 Å². The zero-order chi connectivity index (χ0) is 25.1. The van der Waals surface area contributed by atoms with Gasteiger partial charge < -0.3 is 5.11 Å². The maximum absolute atomic E-state index is 13.4. The number of thiazole rings is 1. The molecule has 13 heteroatoms. The number of benzene rings is 2.